The van der Waals surface area contributed by atoms with E-state index in [1.807, 2.05) is 6.92 Å². The van der Waals surface area contributed by atoms with Crippen molar-refractivity contribution < 1.29 is 22.0 Å². The summed E-state index contributed by atoms with van der Waals surface area (Å²) in [5, 5.41) is 8.56. The van der Waals surface area contributed by atoms with Crippen molar-refractivity contribution >= 4 is 21.6 Å². The first-order valence-corrected chi connectivity index (χ1v) is 9.63. The number of anilines is 1. The van der Waals surface area contributed by atoms with Crippen LogP contribution in [0.2, 0.25) is 0 Å². The molecule has 0 radical (unpaired) electrons. The fraction of sp³-hybridized carbons (Fsp3) is 0.375. The second-order valence-corrected chi connectivity index (χ2v) is 8.00. The highest BCUT2D eigenvalue weighted by atomic mass is 32.2. The van der Waals surface area contributed by atoms with Crippen LogP contribution < -0.4 is 10.6 Å². The Bertz CT molecular complexity index is 879. The SMILES string of the molecule is CC(CNC(=O)Nc1cn(C)nc1C(F)F)c1ccc(S(C)(=O)=O)cc1. The Morgan fingerprint density at radius 1 is 1.27 bits per heavy atom. The Morgan fingerprint density at radius 3 is 2.42 bits per heavy atom. The van der Waals surface area contributed by atoms with Crippen molar-refractivity contribution in [2.45, 2.75) is 24.2 Å². The molecule has 1 aromatic carbocycles. The molecule has 1 heterocycles. The van der Waals surface area contributed by atoms with Crippen LogP contribution >= 0.6 is 0 Å². The number of hydrogen-bond acceptors (Lipinski definition) is 4. The highest BCUT2D eigenvalue weighted by Gasteiger charge is 2.19. The summed E-state index contributed by atoms with van der Waals surface area (Å²) < 4.78 is 49.8. The predicted octanol–water partition coefficient (Wildman–Crippen LogP) is 2.69. The van der Waals surface area contributed by atoms with Gasteiger partial charge in [-0.1, -0.05) is 19.1 Å². The standard InChI is InChI=1S/C16H20F2N4O3S/c1-10(11-4-6-12(7-5-11)26(3,24)25)8-19-16(23)20-13-9-22(2)21-14(13)15(17)18/h4-7,9-10,15H,8H2,1-3H3,(H2,19,20,23). The highest BCUT2D eigenvalue weighted by molar-refractivity contribution is 7.90. The van der Waals surface area contributed by atoms with Crippen LogP contribution in [0.5, 0.6) is 0 Å². The van der Waals surface area contributed by atoms with Gasteiger partial charge in [-0.15, -0.1) is 0 Å². The van der Waals surface area contributed by atoms with Gasteiger partial charge >= 0.3 is 6.03 Å². The molecular formula is C16H20F2N4O3S. The molecule has 0 saturated carbocycles. The third-order valence-electron chi connectivity index (χ3n) is 3.76. The Hall–Kier alpha value is -2.49. The van der Waals surface area contributed by atoms with Crippen LogP contribution in [0.1, 0.15) is 30.5 Å². The third-order valence-corrected chi connectivity index (χ3v) is 4.89. The zero-order chi connectivity index (χ0) is 19.5. The number of rotatable bonds is 6. The molecule has 0 bridgehead atoms. The van der Waals surface area contributed by atoms with Gasteiger partial charge in [0.25, 0.3) is 6.43 Å². The lowest BCUT2D eigenvalue weighted by Gasteiger charge is -2.14. The van der Waals surface area contributed by atoms with E-state index in [2.05, 4.69) is 15.7 Å². The summed E-state index contributed by atoms with van der Waals surface area (Å²) in [4.78, 5) is 12.2. The number of nitrogens with zero attached hydrogens (tertiary/aromatic N) is 2. The van der Waals surface area contributed by atoms with Gasteiger partial charge in [-0.3, -0.25) is 4.68 Å². The summed E-state index contributed by atoms with van der Waals surface area (Å²) in [5.74, 6) is -0.0992. The lowest BCUT2D eigenvalue weighted by Crippen LogP contribution is -2.32. The van der Waals surface area contributed by atoms with Crippen molar-refractivity contribution in [1.29, 1.82) is 0 Å². The van der Waals surface area contributed by atoms with Gasteiger partial charge in [0.1, 0.15) is 0 Å². The molecule has 0 aliphatic heterocycles. The van der Waals surface area contributed by atoms with Gasteiger partial charge in [0.15, 0.2) is 15.5 Å². The van der Waals surface area contributed by atoms with Gasteiger partial charge in [-0.05, 0) is 23.6 Å². The molecule has 0 spiro atoms. The smallest absolute Gasteiger partial charge is 0.319 e. The first kappa shape index (κ1) is 19.8. The second kappa shape index (κ2) is 7.81. The topological polar surface area (TPSA) is 93.1 Å². The van der Waals surface area contributed by atoms with Crippen molar-refractivity contribution in [2.24, 2.45) is 7.05 Å². The van der Waals surface area contributed by atoms with E-state index in [1.165, 1.54) is 30.1 Å². The molecule has 0 aliphatic rings. The average molecular weight is 386 g/mol. The Balaban J connectivity index is 1.95. The largest absolute Gasteiger partial charge is 0.337 e. The molecule has 1 aromatic heterocycles. The Kier molecular flexibility index (Phi) is 5.96. The number of nitrogens with one attached hydrogen (secondary N) is 2. The van der Waals surface area contributed by atoms with E-state index < -0.39 is 28.0 Å². The van der Waals surface area contributed by atoms with Crippen LogP contribution in [0.4, 0.5) is 19.3 Å². The highest BCUT2D eigenvalue weighted by Crippen LogP contribution is 2.25. The van der Waals surface area contributed by atoms with Crippen LogP contribution in [0.25, 0.3) is 0 Å². The summed E-state index contributed by atoms with van der Waals surface area (Å²) in [7, 11) is -1.78. The number of benzene rings is 1. The maximum absolute atomic E-state index is 12.9. The van der Waals surface area contributed by atoms with Gasteiger partial charge in [0.2, 0.25) is 0 Å². The summed E-state index contributed by atoms with van der Waals surface area (Å²) in [6.45, 7) is 2.10. The van der Waals surface area contributed by atoms with E-state index in [0.29, 0.717) is 0 Å². The Labute approximate surface area is 150 Å². The van der Waals surface area contributed by atoms with Gasteiger partial charge in [-0.25, -0.2) is 22.0 Å². The summed E-state index contributed by atoms with van der Waals surface area (Å²) in [6, 6.07) is 5.74. The zero-order valence-corrected chi connectivity index (χ0v) is 15.3. The minimum atomic E-state index is -3.26. The van der Waals surface area contributed by atoms with E-state index in [1.54, 1.807) is 12.1 Å². The molecule has 26 heavy (non-hydrogen) atoms. The summed E-state index contributed by atoms with van der Waals surface area (Å²) in [6.07, 6.45) is -0.364. The monoisotopic (exact) mass is 386 g/mol. The first-order chi connectivity index (χ1) is 12.1. The number of alkyl halides is 2. The first-order valence-electron chi connectivity index (χ1n) is 7.74. The maximum Gasteiger partial charge on any atom is 0.319 e. The predicted molar refractivity (Wildman–Crippen MR) is 93.2 cm³/mol. The molecule has 2 N–H and O–H groups in total. The van der Waals surface area contributed by atoms with E-state index in [0.717, 1.165) is 11.8 Å². The zero-order valence-electron chi connectivity index (χ0n) is 14.5. The molecule has 0 saturated heterocycles. The summed E-state index contributed by atoms with van der Waals surface area (Å²) in [5.41, 5.74) is 0.296. The number of urea groups is 1. The Morgan fingerprint density at radius 2 is 1.88 bits per heavy atom. The minimum absolute atomic E-state index is 0.0508. The lowest BCUT2D eigenvalue weighted by molar-refractivity contribution is 0.146. The van der Waals surface area contributed by atoms with Crippen molar-refractivity contribution in [2.75, 3.05) is 18.1 Å². The van der Waals surface area contributed by atoms with E-state index in [4.69, 9.17) is 0 Å². The number of carbonyl (C=O) groups excluding carboxylic acids is 1. The molecule has 1 atom stereocenters. The van der Waals surface area contributed by atoms with Crippen molar-refractivity contribution in [3.63, 3.8) is 0 Å². The molecule has 142 valence electrons. The van der Waals surface area contributed by atoms with Crippen molar-refractivity contribution in [3.05, 3.63) is 41.7 Å². The molecule has 0 aliphatic carbocycles. The number of amides is 2. The molecule has 2 aromatic rings. The second-order valence-electron chi connectivity index (χ2n) is 5.98. The number of aryl methyl sites for hydroxylation is 1. The quantitative estimate of drug-likeness (QED) is 0.798. The van der Waals surface area contributed by atoms with Crippen LogP contribution in [-0.2, 0) is 16.9 Å². The lowest BCUT2D eigenvalue weighted by atomic mass is 10.0. The number of carbonyl (C=O) groups is 1. The van der Waals surface area contributed by atoms with E-state index in [9.17, 15) is 22.0 Å². The van der Waals surface area contributed by atoms with E-state index in [-0.39, 0.29) is 23.0 Å². The third kappa shape index (κ3) is 5.01. The van der Waals surface area contributed by atoms with Crippen LogP contribution in [-0.4, -0.2) is 37.0 Å². The van der Waals surface area contributed by atoms with E-state index >= 15 is 0 Å². The number of hydrogen-bond donors (Lipinski definition) is 2. The summed E-state index contributed by atoms with van der Waals surface area (Å²) >= 11 is 0. The number of sulfone groups is 1. The molecule has 7 nitrogen and oxygen atoms in total. The van der Waals surface area contributed by atoms with Crippen LogP contribution in [0.3, 0.4) is 0 Å². The van der Waals surface area contributed by atoms with Gasteiger partial charge in [0, 0.05) is 26.0 Å². The average Bonchev–Trinajstić information content (AvgIpc) is 2.92. The van der Waals surface area contributed by atoms with Crippen LogP contribution in [0.15, 0.2) is 35.4 Å². The normalized spacial score (nSPS) is 12.8. The molecule has 10 heteroatoms. The molecular weight excluding hydrogens is 366 g/mol. The fourth-order valence-electron chi connectivity index (χ4n) is 2.34. The molecule has 2 amide bonds. The fourth-order valence-corrected chi connectivity index (χ4v) is 2.97. The van der Waals surface area contributed by atoms with Gasteiger partial charge in [0.05, 0.1) is 10.6 Å². The molecule has 1 unspecified atom stereocenters. The minimum Gasteiger partial charge on any atom is -0.337 e. The molecule has 0 fully saturated rings. The number of halogens is 2. The van der Waals surface area contributed by atoms with Crippen molar-refractivity contribution in [1.82, 2.24) is 15.1 Å². The van der Waals surface area contributed by atoms with Crippen molar-refractivity contribution in [3.8, 4) is 0 Å². The molecule has 2 rings (SSSR count). The van der Waals surface area contributed by atoms with Crippen LogP contribution in [0, 0.1) is 0 Å². The number of aromatic nitrogens is 2. The maximum atomic E-state index is 12.9. The van der Waals surface area contributed by atoms with Gasteiger partial charge in [-0.2, -0.15) is 5.10 Å². The van der Waals surface area contributed by atoms with Gasteiger partial charge < -0.3 is 10.6 Å².